The second kappa shape index (κ2) is 5.30. The van der Waals surface area contributed by atoms with E-state index >= 15 is 0 Å². The summed E-state index contributed by atoms with van der Waals surface area (Å²) in [6, 6.07) is 4.19. The van der Waals surface area contributed by atoms with Crippen molar-refractivity contribution in [2.45, 2.75) is 45.1 Å². The predicted octanol–water partition coefficient (Wildman–Crippen LogP) is 3.65. The van der Waals surface area contributed by atoms with E-state index in [0.29, 0.717) is 17.7 Å². The fourth-order valence-electron chi connectivity index (χ4n) is 3.52. The molecule has 2 aromatic rings. The third-order valence-electron chi connectivity index (χ3n) is 4.90. The van der Waals surface area contributed by atoms with Gasteiger partial charge in [-0.05, 0) is 37.3 Å². The van der Waals surface area contributed by atoms with Crippen LogP contribution in [0.3, 0.4) is 0 Å². The zero-order valence-corrected chi connectivity index (χ0v) is 12.7. The lowest BCUT2D eigenvalue weighted by Crippen LogP contribution is -2.33. The van der Waals surface area contributed by atoms with Gasteiger partial charge in [0.2, 0.25) is 11.9 Å². The molecule has 0 unspecified atom stereocenters. The molecule has 0 aromatic carbocycles. The number of hydrogen-bond acceptors (Lipinski definition) is 2. The van der Waals surface area contributed by atoms with Crippen LogP contribution >= 0.6 is 0 Å². The molecule has 0 saturated heterocycles. The average Bonchev–Trinajstić information content (AvgIpc) is 2.62. The van der Waals surface area contributed by atoms with E-state index in [-0.39, 0.29) is 16.5 Å². The Morgan fingerprint density at radius 1 is 1.27 bits per heavy atom. The quantitative estimate of drug-likeness (QED) is 0.794. The minimum Gasteiger partial charge on any atom is -0.341 e. The molecule has 116 valence electrons. The second-order valence-corrected chi connectivity index (χ2v) is 5.82. The van der Waals surface area contributed by atoms with E-state index in [2.05, 4.69) is 18.8 Å². The standard InChI is InChI=1S/C17H18F2N2O/c1-3-17(4-2)7-5-11-9-14(18)20-16(19)15(11)13-10-12(22)6-8-21(13)17/h6,8-10H,3-5,7H2,1-2H3. The zero-order chi connectivity index (χ0) is 15.9. The summed E-state index contributed by atoms with van der Waals surface area (Å²) in [6.45, 7) is 4.16. The highest BCUT2D eigenvalue weighted by molar-refractivity contribution is 5.65. The molecule has 0 bridgehead atoms. The smallest absolute Gasteiger partial charge is 0.225 e. The SMILES string of the molecule is CCC1(CC)CCc2cc(F)nc(F)c2-c2cc(=O)ccn21. The fraction of sp³-hybridized carbons (Fsp3) is 0.412. The van der Waals surface area contributed by atoms with Crippen LogP contribution in [-0.4, -0.2) is 9.55 Å². The number of fused-ring (bicyclic) bond motifs is 3. The normalized spacial score (nSPS) is 15.8. The molecule has 0 N–H and O–H groups in total. The Labute approximate surface area is 127 Å². The van der Waals surface area contributed by atoms with Gasteiger partial charge in [-0.25, -0.2) is 0 Å². The summed E-state index contributed by atoms with van der Waals surface area (Å²) in [5.74, 6) is -1.67. The van der Waals surface area contributed by atoms with Crippen molar-refractivity contribution < 1.29 is 8.78 Å². The maximum Gasteiger partial charge on any atom is 0.225 e. The minimum atomic E-state index is -0.850. The highest BCUT2D eigenvalue weighted by Crippen LogP contribution is 2.40. The summed E-state index contributed by atoms with van der Waals surface area (Å²) in [6.07, 6.45) is 4.76. The highest BCUT2D eigenvalue weighted by atomic mass is 19.1. The Kier molecular flexibility index (Phi) is 3.59. The summed E-state index contributed by atoms with van der Waals surface area (Å²) >= 11 is 0. The van der Waals surface area contributed by atoms with Gasteiger partial charge in [-0.1, -0.05) is 13.8 Å². The summed E-state index contributed by atoms with van der Waals surface area (Å²) < 4.78 is 29.8. The molecule has 0 atom stereocenters. The molecule has 5 heteroatoms. The van der Waals surface area contributed by atoms with Gasteiger partial charge in [0.25, 0.3) is 0 Å². The largest absolute Gasteiger partial charge is 0.341 e. The molecule has 0 saturated carbocycles. The van der Waals surface area contributed by atoms with Crippen LogP contribution in [0.1, 0.15) is 38.7 Å². The molecule has 1 aliphatic rings. The average molecular weight is 304 g/mol. The summed E-state index contributed by atoms with van der Waals surface area (Å²) in [7, 11) is 0. The molecular formula is C17H18F2N2O. The zero-order valence-electron chi connectivity index (χ0n) is 12.7. The van der Waals surface area contributed by atoms with Crippen LogP contribution in [0.4, 0.5) is 8.78 Å². The number of aromatic nitrogens is 2. The first kappa shape index (κ1) is 14.9. The van der Waals surface area contributed by atoms with E-state index in [9.17, 15) is 13.6 Å². The van der Waals surface area contributed by atoms with Crippen molar-refractivity contribution >= 4 is 0 Å². The van der Waals surface area contributed by atoms with Crippen molar-refractivity contribution in [3.63, 3.8) is 0 Å². The van der Waals surface area contributed by atoms with Gasteiger partial charge < -0.3 is 4.57 Å². The molecule has 3 nitrogen and oxygen atoms in total. The van der Waals surface area contributed by atoms with Crippen molar-refractivity contribution in [1.82, 2.24) is 9.55 Å². The van der Waals surface area contributed by atoms with Crippen molar-refractivity contribution in [3.05, 3.63) is 52.1 Å². The van der Waals surface area contributed by atoms with Crippen molar-refractivity contribution in [1.29, 1.82) is 0 Å². The molecule has 0 fully saturated rings. The first-order chi connectivity index (χ1) is 10.5. The monoisotopic (exact) mass is 304 g/mol. The molecule has 0 spiro atoms. The maximum atomic E-state index is 14.3. The van der Waals surface area contributed by atoms with E-state index < -0.39 is 11.9 Å². The van der Waals surface area contributed by atoms with Gasteiger partial charge in [0.1, 0.15) is 0 Å². The van der Waals surface area contributed by atoms with Gasteiger partial charge in [-0.2, -0.15) is 13.8 Å². The Morgan fingerprint density at radius 2 is 2.00 bits per heavy atom. The number of nitrogens with zero attached hydrogens (tertiary/aromatic N) is 2. The van der Waals surface area contributed by atoms with Gasteiger partial charge >= 0.3 is 0 Å². The van der Waals surface area contributed by atoms with Crippen LogP contribution in [0.25, 0.3) is 11.3 Å². The van der Waals surface area contributed by atoms with Crippen LogP contribution in [0.15, 0.2) is 29.2 Å². The molecule has 2 aromatic heterocycles. The van der Waals surface area contributed by atoms with Gasteiger partial charge in [-0.3, -0.25) is 4.79 Å². The topological polar surface area (TPSA) is 34.9 Å². The molecule has 0 amide bonds. The second-order valence-electron chi connectivity index (χ2n) is 5.82. The first-order valence-corrected chi connectivity index (χ1v) is 7.59. The maximum absolute atomic E-state index is 14.3. The summed E-state index contributed by atoms with van der Waals surface area (Å²) in [5.41, 5.74) is 0.930. The van der Waals surface area contributed by atoms with Gasteiger partial charge in [0.05, 0.1) is 11.3 Å². The molecule has 3 heterocycles. The molecule has 1 aliphatic heterocycles. The third kappa shape index (κ3) is 2.16. The van der Waals surface area contributed by atoms with Crippen LogP contribution < -0.4 is 5.43 Å². The van der Waals surface area contributed by atoms with E-state index in [1.165, 1.54) is 18.2 Å². The predicted molar refractivity (Wildman–Crippen MR) is 80.7 cm³/mol. The van der Waals surface area contributed by atoms with Crippen molar-refractivity contribution in [3.8, 4) is 11.3 Å². The Bertz CT molecular complexity index is 779. The number of rotatable bonds is 2. The number of hydrogen-bond donors (Lipinski definition) is 0. The third-order valence-corrected chi connectivity index (χ3v) is 4.90. The molecule has 0 aliphatic carbocycles. The fourth-order valence-corrected chi connectivity index (χ4v) is 3.52. The molecule has 0 radical (unpaired) electrons. The van der Waals surface area contributed by atoms with Crippen LogP contribution in [0.2, 0.25) is 0 Å². The molecular weight excluding hydrogens is 286 g/mol. The van der Waals surface area contributed by atoms with E-state index in [1.807, 2.05) is 4.57 Å². The number of pyridine rings is 2. The van der Waals surface area contributed by atoms with Crippen LogP contribution in [-0.2, 0) is 12.0 Å². The van der Waals surface area contributed by atoms with Gasteiger partial charge in [0, 0.05) is 23.9 Å². The van der Waals surface area contributed by atoms with Crippen molar-refractivity contribution in [2.24, 2.45) is 0 Å². The lowest BCUT2D eigenvalue weighted by atomic mass is 9.86. The highest BCUT2D eigenvalue weighted by Gasteiger charge is 2.34. The Hall–Kier alpha value is -2.04. The lowest BCUT2D eigenvalue weighted by molar-refractivity contribution is 0.245. The van der Waals surface area contributed by atoms with Crippen molar-refractivity contribution in [2.75, 3.05) is 0 Å². The van der Waals surface area contributed by atoms with Gasteiger partial charge in [0.15, 0.2) is 5.43 Å². The molecule has 22 heavy (non-hydrogen) atoms. The van der Waals surface area contributed by atoms with Gasteiger partial charge in [-0.15, -0.1) is 0 Å². The summed E-state index contributed by atoms with van der Waals surface area (Å²) in [4.78, 5) is 15.1. The lowest BCUT2D eigenvalue weighted by Gasteiger charge is -2.35. The Morgan fingerprint density at radius 3 is 2.68 bits per heavy atom. The number of aryl methyl sites for hydroxylation is 1. The summed E-state index contributed by atoms with van der Waals surface area (Å²) in [5, 5.41) is 0. The van der Waals surface area contributed by atoms with Crippen LogP contribution in [0, 0.1) is 11.9 Å². The van der Waals surface area contributed by atoms with E-state index in [0.717, 1.165) is 19.3 Å². The number of halogens is 2. The van der Waals surface area contributed by atoms with E-state index in [4.69, 9.17) is 0 Å². The molecule has 3 rings (SSSR count). The van der Waals surface area contributed by atoms with Crippen LogP contribution in [0.5, 0.6) is 0 Å². The minimum absolute atomic E-state index is 0.191. The first-order valence-electron chi connectivity index (χ1n) is 7.59. The Balaban J connectivity index is 2.38. The van der Waals surface area contributed by atoms with E-state index in [1.54, 1.807) is 6.20 Å².